The molecule has 0 saturated heterocycles. The van der Waals surface area contributed by atoms with Crippen LogP contribution in [0.4, 0.5) is 5.69 Å². The number of primary amides is 1. The maximum absolute atomic E-state index is 11.7. The van der Waals surface area contributed by atoms with E-state index in [-0.39, 0.29) is 0 Å². The number of rotatable bonds is 2. The SMILES string of the molecule is NC(=O)C1N=C(c2ccc(Br)cc2)Nc2c(Cl)cccc21. The zero-order valence-corrected chi connectivity index (χ0v) is 13.1. The van der Waals surface area contributed by atoms with Crippen LogP contribution >= 0.6 is 27.5 Å². The molecule has 3 N–H and O–H groups in total. The van der Waals surface area contributed by atoms with Crippen molar-refractivity contribution in [2.75, 3.05) is 5.32 Å². The third-order valence-electron chi connectivity index (χ3n) is 3.23. The summed E-state index contributed by atoms with van der Waals surface area (Å²) in [6.07, 6.45) is 0. The first-order valence-corrected chi connectivity index (χ1v) is 7.42. The van der Waals surface area contributed by atoms with E-state index in [2.05, 4.69) is 26.2 Å². The number of aliphatic imine (C=N–C) groups is 1. The zero-order chi connectivity index (χ0) is 15.0. The Balaban J connectivity index is 2.10. The van der Waals surface area contributed by atoms with Gasteiger partial charge in [-0.05, 0) is 18.2 Å². The Hall–Kier alpha value is -1.85. The van der Waals surface area contributed by atoms with Gasteiger partial charge in [-0.3, -0.25) is 4.79 Å². The molecule has 0 aromatic heterocycles. The summed E-state index contributed by atoms with van der Waals surface area (Å²) in [5, 5.41) is 3.71. The van der Waals surface area contributed by atoms with E-state index in [9.17, 15) is 4.79 Å². The minimum Gasteiger partial charge on any atom is -0.368 e. The lowest BCUT2D eigenvalue weighted by molar-refractivity contribution is -0.119. The van der Waals surface area contributed by atoms with Gasteiger partial charge in [0.05, 0.1) is 10.7 Å². The van der Waals surface area contributed by atoms with E-state index >= 15 is 0 Å². The van der Waals surface area contributed by atoms with Gasteiger partial charge in [0.1, 0.15) is 5.84 Å². The summed E-state index contributed by atoms with van der Waals surface area (Å²) in [7, 11) is 0. The smallest absolute Gasteiger partial charge is 0.246 e. The maximum atomic E-state index is 11.7. The van der Waals surface area contributed by atoms with Crippen LogP contribution in [-0.4, -0.2) is 11.7 Å². The molecule has 0 saturated carbocycles. The molecule has 0 aliphatic carbocycles. The van der Waals surface area contributed by atoms with Crippen molar-refractivity contribution >= 4 is 45.0 Å². The van der Waals surface area contributed by atoms with Crippen LogP contribution in [0.1, 0.15) is 17.2 Å². The third kappa shape index (κ3) is 2.66. The quantitative estimate of drug-likeness (QED) is 0.856. The van der Waals surface area contributed by atoms with Crippen LogP contribution in [0.15, 0.2) is 51.9 Å². The van der Waals surface area contributed by atoms with Gasteiger partial charge < -0.3 is 11.1 Å². The molecule has 1 atom stereocenters. The lowest BCUT2D eigenvalue weighted by Gasteiger charge is -2.24. The topological polar surface area (TPSA) is 67.5 Å². The Kier molecular flexibility index (Phi) is 3.69. The Labute approximate surface area is 135 Å². The van der Waals surface area contributed by atoms with E-state index in [4.69, 9.17) is 17.3 Å². The molecule has 0 radical (unpaired) electrons. The molecule has 0 bridgehead atoms. The van der Waals surface area contributed by atoms with E-state index in [1.165, 1.54) is 0 Å². The first-order valence-electron chi connectivity index (χ1n) is 6.25. The van der Waals surface area contributed by atoms with E-state index in [1.54, 1.807) is 18.2 Å². The molecule has 2 aromatic carbocycles. The third-order valence-corrected chi connectivity index (χ3v) is 4.07. The van der Waals surface area contributed by atoms with Gasteiger partial charge in [-0.2, -0.15) is 0 Å². The highest BCUT2D eigenvalue weighted by atomic mass is 79.9. The van der Waals surface area contributed by atoms with Crippen molar-refractivity contribution in [3.63, 3.8) is 0 Å². The number of hydrogen-bond donors (Lipinski definition) is 2. The Morgan fingerprint density at radius 3 is 2.62 bits per heavy atom. The highest BCUT2D eigenvalue weighted by Gasteiger charge is 2.27. The number of nitrogens with one attached hydrogen (secondary N) is 1. The van der Waals surface area contributed by atoms with Gasteiger partial charge in [-0.25, -0.2) is 4.99 Å². The minimum absolute atomic E-state index is 0.505. The Bertz CT molecular complexity index is 743. The number of amidine groups is 1. The number of carbonyl (C=O) groups excluding carboxylic acids is 1. The monoisotopic (exact) mass is 363 g/mol. The number of nitrogens with two attached hydrogens (primary N) is 1. The molecular weight excluding hydrogens is 354 g/mol. The summed E-state index contributed by atoms with van der Waals surface area (Å²) in [5.41, 5.74) is 7.70. The standard InChI is InChI=1S/C15H11BrClN3O/c16-9-6-4-8(5-7-9)15-19-12-10(2-1-3-11(12)17)13(20-15)14(18)21/h1-7,13H,(H2,18,21)(H,19,20). The highest BCUT2D eigenvalue weighted by molar-refractivity contribution is 9.10. The average molecular weight is 365 g/mol. The Morgan fingerprint density at radius 1 is 1.24 bits per heavy atom. The largest absolute Gasteiger partial charge is 0.368 e. The first-order chi connectivity index (χ1) is 10.1. The fourth-order valence-electron chi connectivity index (χ4n) is 2.22. The lowest BCUT2D eigenvalue weighted by Crippen LogP contribution is -2.29. The van der Waals surface area contributed by atoms with Gasteiger partial charge in [0, 0.05) is 15.6 Å². The van der Waals surface area contributed by atoms with Gasteiger partial charge in [-0.1, -0.05) is 51.8 Å². The number of para-hydroxylation sites is 1. The van der Waals surface area contributed by atoms with Gasteiger partial charge >= 0.3 is 0 Å². The van der Waals surface area contributed by atoms with Gasteiger partial charge in [0.15, 0.2) is 6.04 Å². The fraction of sp³-hybridized carbons (Fsp3) is 0.0667. The summed E-state index contributed by atoms with van der Waals surface area (Å²) in [5.74, 6) is 0.0709. The molecule has 1 aliphatic rings. The summed E-state index contributed by atoms with van der Waals surface area (Å²) in [6, 6.07) is 12.2. The van der Waals surface area contributed by atoms with Crippen molar-refractivity contribution in [3.05, 3.63) is 63.1 Å². The van der Waals surface area contributed by atoms with E-state index < -0.39 is 11.9 Å². The second-order valence-corrected chi connectivity index (χ2v) is 5.94. The fourth-order valence-corrected chi connectivity index (χ4v) is 2.71. The van der Waals surface area contributed by atoms with Crippen LogP contribution < -0.4 is 11.1 Å². The lowest BCUT2D eigenvalue weighted by atomic mass is 10.0. The molecule has 1 aliphatic heterocycles. The normalized spacial score (nSPS) is 16.7. The molecule has 1 unspecified atom stereocenters. The molecule has 1 amide bonds. The van der Waals surface area contributed by atoms with E-state index in [0.29, 0.717) is 22.1 Å². The van der Waals surface area contributed by atoms with E-state index in [1.807, 2.05) is 24.3 Å². The summed E-state index contributed by atoms with van der Waals surface area (Å²) in [4.78, 5) is 16.1. The van der Waals surface area contributed by atoms with Gasteiger partial charge in [0.25, 0.3) is 0 Å². The van der Waals surface area contributed by atoms with Crippen LogP contribution in [0, 0.1) is 0 Å². The summed E-state index contributed by atoms with van der Waals surface area (Å²) in [6.45, 7) is 0. The van der Waals surface area contributed by atoms with Crippen molar-refractivity contribution in [2.45, 2.75) is 6.04 Å². The predicted octanol–water partition coefficient (Wildman–Crippen LogP) is 3.50. The number of carbonyl (C=O) groups is 1. The number of amides is 1. The van der Waals surface area contributed by atoms with Crippen molar-refractivity contribution in [3.8, 4) is 0 Å². The van der Waals surface area contributed by atoms with Crippen LogP contribution in [0.5, 0.6) is 0 Å². The number of anilines is 1. The molecule has 2 aromatic rings. The number of halogens is 2. The molecule has 6 heteroatoms. The number of hydrogen-bond acceptors (Lipinski definition) is 3. The number of benzene rings is 2. The molecule has 0 spiro atoms. The average Bonchev–Trinajstić information content (AvgIpc) is 2.47. The molecular formula is C15H11BrClN3O. The summed E-state index contributed by atoms with van der Waals surface area (Å²) >= 11 is 9.60. The van der Waals surface area contributed by atoms with Gasteiger partial charge in [0.2, 0.25) is 5.91 Å². The second-order valence-electron chi connectivity index (χ2n) is 4.62. The molecule has 3 rings (SSSR count). The van der Waals surface area contributed by atoms with Crippen LogP contribution in [0.25, 0.3) is 0 Å². The summed E-state index contributed by atoms with van der Waals surface area (Å²) < 4.78 is 0.965. The van der Waals surface area contributed by atoms with Crippen molar-refractivity contribution in [2.24, 2.45) is 10.7 Å². The molecule has 21 heavy (non-hydrogen) atoms. The van der Waals surface area contributed by atoms with Gasteiger partial charge in [-0.15, -0.1) is 0 Å². The van der Waals surface area contributed by atoms with Crippen LogP contribution in [-0.2, 0) is 4.79 Å². The number of nitrogens with zero attached hydrogens (tertiary/aromatic N) is 1. The highest BCUT2D eigenvalue weighted by Crippen LogP contribution is 2.36. The molecule has 106 valence electrons. The predicted molar refractivity (Wildman–Crippen MR) is 87.7 cm³/mol. The van der Waals surface area contributed by atoms with Crippen molar-refractivity contribution in [1.29, 1.82) is 0 Å². The minimum atomic E-state index is -0.737. The van der Waals surface area contributed by atoms with Crippen molar-refractivity contribution in [1.82, 2.24) is 0 Å². The Morgan fingerprint density at radius 2 is 1.95 bits per heavy atom. The van der Waals surface area contributed by atoms with E-state index in [0.717, 1.165) is 10.0 Å². The van der Waals surface area contributed by atoms with Crippen molar-refractivity contribution < 1.29 is 4.79 Å². The first kappa shape index (κ1) is 14.1. The second kappa shape index (κ2) is 5.50. The van der Waals surface area contributed by atoms with Crippen LogP contribution in [0.2, 0.25) is 5.02 Å². The zero-order valence-electron chi connectivity index (χ0n) is 10.8. The molecule has 1 heterocycles. The van der Waals surface area contributed by atoms with Crippen LogP contribution in [0.3, 0.4) is 0 Å². The molecule has 0 fully saturated rings. The molecule has 4 nitrogen and oxygen atoms in total. The maximum Gasteiger partial charge on any atom is 0.246 e. The number of fused-ring (bicyclic) bond motifs is 1.